The molecule has 4 heteroatoms. The van der Waals surface area contributed by atoms with E-state index >= 15 is 0 Å². The zero-order chi connectivity index (χ0) is 17.3. The molecule has 2 heterocycles. The predicted octanol–water partition coefficient (Wildman–Crippen LogP) is 4.11. The number of ether oxygens (including phenoxy) is 2. The fraction of sp³-hybridized carbons (Fsp3) is 0.250. The van der Waals surface area contributed by atoms with E-state index in [4.69, 9.17) is 9.47 Å². The Hall–Kier alpha value is -2.75. The summed E-state index contributed by atoms with van der Waals surface area (Å²) in [6.07, 6.45) is 9.24. The van der Waals surface area contributed by atoms with Gasteiger partial charge in [0.25, 0.3) is 0 Å². The van der Waals surface area contributed by atoms with Crippen molar-refractivity contribution < 1.29 is 14.3 Å². The number of carbonyl (C=O) groups excluding carboxylic acids is 1. The van der Waals surface area contributed by atoms with Crippen LogP contribution >= 0.6 is 0 Å². The molecule has 0 saturated carbocycles. The molecule has 0 fully saturated rings. The summed E-state index contributed by atoms with van der Waals surface area (Å²) in [4.78, 5) is 12.7. The fourth-order valence-electron chi connectivity index (χ4n) is 2.70. The van der Waals surface area contributed by atoms with Gasteiger partial charge in [0.1, 0.15) is 17.1 Å². The third-order valence-electron chi connectivity index (χ3n) is 4.05. The van der Waals surface area contributed by atoms with Crippen LogP contribution in [0, 0.1) is 0 Å². The van der Waals surface area contributed by atoms with E-state index in [1.807, 2.05) is 62.0 Å². The maximum absolute atomic E-state index is 12.7. The Kier molecular flexibility index (Phi) is 4.06. The number of allylic oxidation sites excluding steroid dienone is 1. The van der Waals surface area contributed by atoms with E-state index in [0.29, 0.717) is 17.1 Å². The number of hydrogen-bond donors (Lipinski definition) is 0. The minimum atomic E-state index is -0.462. The average molecular weight is 323 g/mol. The summed E-state index contributed by atoms with van der Waals surface area (Å²) < 4.78 is 13.4. The van der Waals surface area contributed by atoms with E-state index in [9.17, 15) is 4.79 Å². The van der Waals surface area contributed by atoms with Crippen molar-refractivity contribution in [2.75, 3.05) is 7.11 Å². The number of ketones is 1. The Morgan fingerprint density at radius 1 is 1.29 bits per heavy atom. The molecular formula is C20H21NO3. The highest BCUT2D eigenvalue weighted by Crippen LogP contribution is 2.39. The molecule has 0 atom stereocenters. The average Bonchev–Trinajstić information content (AvgIpc) is 2.95. The van der Waals surface area contributed by atoms with Crippen molar-refractivity contribution in [3.05, 3.63) is 59.4 Å². The lowest BCUT2D eigenvalue weighted by Crippen LogP contribution is -2.28. The number of aromatic nitrogens is 1. The second-order valence-corrected chi connectivity index (χ2v) is 6.34. The highest BCUT2D eigenvalue weighted by Gasteiger charge is 2.27. The molecule has 1 aliphatic rings. The van der Waals surface area contributed by atoms with Gasteiger partial charge in [0.05, 0.1) is 18.2 Å². The van der Waals surface area contributed by atoms with E-state index in [1.54, 1.807) is 25.3 Å². The molecule has 0 amide bonds. The van der Waals surface area contributed by atoms with E-state index in [2.05, 4.69) is 0 Å². The van der Waals surface area contributed by atoms with Gasteiger partial charge in [-0.3, -0.25) is 4.79 Å². The molecule has 124 valence electrons. The Bertz CT molecular complexity index is 841. The van der Waals surface area contributed by atoms with E-state index in [1.165, 1.54) is 0 Å². The first-order valence-electron chi connectivity index (χ1n) is 7.84. The van der Waals surface area contributed by atoms with Crippen LogP contribution in [0.5, 0.6) is 11.5 Å². The van der Waals surface area contributed by atoms with E-state index < -0.39 is 5.60 Å². The van der Waals surface area contributed by atoms with Crippen molar-refractivity contribution in [1.29, 1.82) is 0 Å². The Labute approximate surface area is 142 Å². The van der Waals surface area contributed by atoms with Crippen LogP contribution in [-0.2, 0) is 7.05 Å². The van der Waals surface area contributed by atoms with Crippen LogP contribution < -0.4 is 9.47 Å². The zero-order valence-corrected chi connectivity index (χ0v) is 14.4. The standard InChI is InChI=1S/C20H21NO3/c1-20(2)12-11-16-18(23-4)10-8-15(19(16)24-20)17(22)9-7-14-6-5-13-21(14)3/h5-13H,1-4H3/b9-7+. The summed E-state index contributed by atoms with van der Waals surface area (Å²) in [6, 6.07) is 7.45. The number of hydrogen-bond acceptors (Lipinski definition) is 3. The number of carbonyl (C=O) groups is 1. The predicted molar refractivity (Wildman–Crippen MR) is 95.5 cm³/mol. The number of fused-ring (bicyclic) bond motifs is 1. The van der Waals surface area contributed by atoms with E-state index in [0.717, 1.165) is 11.3 Å². The van der Waals surface area contributed by atoms with Crippen LogP contribution in [0.1, 0.15) is 35.5 Å². The van der Waals surface area contributed by atoms with Gasteiger partial charge in [-0.2, -0.15) is 0 Å². The summed E-state index contributed by atoms with van der Waals surface area (Å²) in [5.74, 6) is 1.17. The van der Waals surface area contributed by atoms with Crippen molar-refractivity contribution in [2.45, 2.75) is 19.4 Å². The zero-order valence-electron chi connectivity index (χ0n) is 14.4. The van der Waals surface area contributed by atoms with E-state index in [-0.39, 0.29) is 5.78 Å². The van der Waals surface area contributed by atoms with Crippen molar-refractivity contribution in [2.24, 2.45) is 7.05 Å². The summed E-state index contributed by atoms with van der Waals surface area (Å²) in [7, 11) is 3.55. The van der Waals surface area contributed by atoms with Crippen molar-refractivity contribution in [3.63, 3.8) is 0 Å². The Balaban J connectivity index is 2.00. The third kappa shape index (κ3) is 3.00. The minimum absolute atomic E-state index is 0.0961. The molecule has 0 bridgehead atoms. The van der Waals surface area contributed by atoms with Crippen LogP contribution in [0.25, 0.3) is 12.2 Å². The van der Waals surface area contributed by atoms with Crippen LogP contribution in [-0.4, -0.2) is 23.1 Å². The topological polar surface area (TPSA) is 40.5 Å². The second-order valence-electron chi connectivity index (χ2n) is 6.34. The van der Waals surface area contributed by atoms with Gasteiger partial charge in [0.2, 0.25) is 0 Å². The maximum atomic E-state index is 12.7. The molecule has 24 heavy (non-hydrogen) atoms. The lowest BCUT2D eigenvalue weighted by atomic mass is 9.97. The highest BCUT2D eigenvalue weighted by atomic mass is 16.5. The molecule has 0 spiro atoms. The van der Waals surface area contributed by atoms with Gasteiger partial charge >= 0.3 is 0 Å². The maximum Gasteiger partial charge on any atom is 0.189 e. The summed E-state index contributed by atoms with van der Waals surface area (Å²) in [6.45, 7) is 3.92. The third-order valence-corrected chi connectivity index (χ3v) is 4.05. The molecule has 0 N–H and O–H groups in total. The lowest BCUT2D eigenvalue weighted by molar-refractivity contribution is 0.103. The number of rotatable bonds is 4. The van der Waals surface area contributed by atoms with Gasteiger partial charge in [-0.15, -0.1) is 0 Å². The SMILES string of the molecule is COc1ccc(C(=O)/C=C/c2cccn2C)c2c1C=CC(C)(C)O2. The molecule has 0 unspecified atom stereocenters. The van der Waals surface area contributed by atoms with Crippen LogP contribution in [0.4, 0.5) is 0 Å². The Morgan fingerprint density at radius 3 is 2.75 bits per heavy atom. The highest BCUT2D eigenvalue weighted by molar-refractivity contribution is 6.09. The quantitative estimate of drug-likeness (QED) is 0.628. The van der Waals surface area contributed by atoms with Crippen molar-refractivity contribution >= 4 is 17.9 Å². The molecular weight excluding hydrogens is 302 g/mol. The second kappa shape index (κ2) is 6.04. The molecule has 0 saturated heterocycles. The van der Waals surface area contributed by atoms with Gasteiger partial charge in [-0.25, -0.2) is 0 Å². The molecule has 2 aromatic rings. The molecule has 0 radical (unpaired) electrons. The molecule has 1 aromatic heterocycles. The molecule has 1 aromatic carbocycles. The van der Waals surface area contributed by atoms with Gasteiger partial charge in [-0.1, -0.05) is 0 Å². The first kappa shape index (κ1) is 16.1. The number of methoxy groups -OCH3 is 1. The van der Waals surface area contributed by atoms with Gasteiger partial charge < -0.3 is 14.0 Å². The van der Waals surface area contributed by atoms with Crippen molar-refractivity contribution in [3.8, 4) is 11.5 Å². The van der Waals surface area contributed by atoms with Crippen LogP contribution in [0.3, 0.4) is 0 Å². The summed E-state index contributed by atoms with van der Waals surface area (Å²) in [5, 5.41) is 0. The number of aryl methyl sites for hydroxylation is 1. The van der Waals surface area contributed by atoms with Gasteiger partial charge in [0.15, 0.2) is 5.78 Å². The molecule has 0 aliphatic carbocycles. The van der Waals surface area contributed by atoms with Crippen LogP contribution in [0.2, 0.25) is 0 Å². The van der Waals surface area contributed by atoms with Crippen LogP contribution in [0.15, 0.2) is 42.6 Å². The number of nitrogens with zero attached hydrogens (tertiary/aromatic N) is 1. The minimum Gasteiger partial charge on any atom is -0.496 e. The van der Waals surface area contributed by atoms with Crippen molar-refractivity contribution in [1.82, 2.24) is 4.57 Å². The smallest absolute Gasteiger partial charge is 0.189 e. The van der Waals surface area contributed by atoms with Gasteiger partial charge in [0, 0.05) is 18.9 Å². The molecule has 1 aliphatic heterocycles. The molecule has 3 rings (SSSR count). The normalized spacial score (nSPS) is 15.2. The monoisotopic (exact) mass is 323 g/mol. The summed E-state index contributed by atoms with van der Waals surface area (Å²) >= 11 is 0. The summed E-state index contributed by atoms with van der Waals surface area (Å²) in [5.41, 5.74) is 1.84. The lowest BCUT2D eigenvalue weighted by Gasteiger charge is -2.29. The Morgan fingerprint density at radius 2 is 2.08 bits per heavy atom. The molecule has 4 nitrogen and oxygen atoms in total. The van der Waals surface area contributed by atoms with Gasteiger partial charge in [-0.05, 0) is 62.4 Å². The largest absolute Gasteiger partial charge is 0.496 e. The first-order chi connectivity index (χ1) is 11.4. The fourth-order valence-corrected chi connectivity index (χ4v) is 2.70. The first-order valence-corrected chi connectivity index (χ1v) is 7.84. The number of benzene rings is 1.